The minimum atomic E-state index is -1.85. The molecular weight excluding hydrogens is 935 g/mol. The number of carbonyl (C=O) groups excluding carboxylic acids is 7. The summed E-state index contributed by atoms with van der Waals surface area (Å²) in [4.78, 5) is 94.2. The molecule has 4 atom stereocenters. The fourth-order valence-corrected chi connectivity index (χ4v) is 8.90. The zero-order chi connectivity index (χ0) is 50.7. The Hall–Kier alpha value is -8.16. The lowest BCUT2D eigenvalue weighted by atomic mass is 10.00. The van der Waals surface area contributed by atoms with Gasteiger partial charge in [0, 0.05) is 17.0 Å². The second kappa shape index (κ2) is 23.0. The number of rotatable bonds is 17. The molecule has 71 heavy (non-hydrogen) atoms. The van der Waals surface area contributed by atoms with Gasteiger partial charge in [0.25, 0.3) is 11.8 Å². The number of carbonyl (C=O) groups is 7. The predicted molar refractivity (Wildman–Crippen MR) is 259 cm³/mol. The van der Waals surface area contributed by atoms with Crippen molar-refractivity contribution in [3.05, 3.63) is 185 Å². The molecule has 368 valence electrons. The molecule has 0 spiro atoms. The van der Waals surface area contributed by atoms with Gasteiger partial charge in [-0.15, -0.1) is 11.8 Å². The lowest BCUT2D eigenvalue weighted by Gasteiger charge is -2.49. The Labute approximate surface area is 412 Å². The Morgan fingerprint density at radius 1 is 0.718 bits per heavy atom. The third-order valence-corrected chi connectivity index (χ3v) is 12.2. The number of thioether (sulfide) groups is 1. The zero-order valence-corrected chi connectivity index (χ0v) is 39.5. The molecule has 1 fully saturated rings. The first-order valence-electron chi connectivity index (χ1n) is 22.3. The number of amides is 5. The topological polar surface area (TPSA) is 251 Å². The molecule has 2 aliphatic rings. The molecule has 5 amide bonds. The molecule has 2 heterocycles. The Morgan fingerprint density at radius 3 is 1.76 bits per heavy atom. The lowest BCUT2D eigenvalue weighted by molar-refractivity contribution is -0.155. The summed E-state index contributed by atoms with van der Waals surface area (Å²) in [5.74, 6) is -3.38. The number of nitrogens with two attached hydrogens (primary N) is 1. The van der Waals surface area contributed by atoms with E-state index in [4.69, 9.17) is 29.4 Å². The number of fused-ring (bicyclic) bond motifs is 1. The number of nitrogens with one attached hydrogen (secondary N) is 3. The molecule has 1 unspecified atom stereocenters. The monoisotopic (exact) mass is 985 g/mol. The van der Waals surface area contributed by atoms with Crippen LogP contribution in [0.4, 0.5) is 20.1 Å². The van der Waals surface area contributed by atoms with E-state index in [9.17, 15) is 38.7 Å². The molecule has 6 N–H and O–H groups in total. The third-order valence-electron chi connectivity index (χ3n) is 10.8. The molecular formula is C52H51N5O13S. The van der Waals surface area contributed by atoms with E-state index in [0.717, 1.165) is 4.90 Å². The minimum Gasteiger partial charge on any atom is -0.451 e. The van der Waals surface area contributed by atoms with Gasteiger partial charge in [-0.25, -0.2) is 24.0 Å². The maximum Gasteiger partial charge on any atom is 0.411 e. The summed E-state index contributed by atoms with van der Waals surface area (Å²) in [6.07, 6.45) is -6.73. The van der Waals surface area contributed by atoms with Gasteiger partial charge >= 0.3 is 30.2 Å². The van der Waals surface area contributed by atoms with E-state index in [-0.39, 0.29) is 28.3 Å². The molecule has 0 saturated carbocycles. The second-order valence-corrected chi connectivity index (χ2v) is 18.3. The van der Waals surface area contributed by atoms with Crippen molar-refractivity contribution >= 4 is 59.5 Å². The van der Waals surface area contributed by atoms with Crippen molar-refractivity contribution in [1.29, 1.82) is 0 Å². The van der Waals surface area contributed by atoms with E-state index in [2.05, 4.69) is 16.0 Å². The van der Waals surface area contributed by atoms with Gasteiger partial charge in [0.05, 0.1) is 0 Å². The molecule has 19 heteroatoms. The van der Waals surface area contributed by atoms with E-state index < -0.39 is 96.6 Å². The number of benzene rings is 5. The number of hydrogen-bond donors (Lipinski definition) is 5. The first-order valence-corrected chi connectivity index (χ1v) is 23.3. The zero-order valence-electron chi connectivity index (χ0n) is 38.7. The first-order chi connectivity index (χ1) is 34.1. The second-order valence-electron chi connectivity index (χ2n) is 17.2. The van der Waals surface area contributed by atoms with Gasteiger partial charge in [-0.05, 0) is 60.7 Å². The fraction of sp³-hybridized carbons (Fsp3) is 0.250. The normalized spacial score (nSPS) is 16.1. The van der Waals surface area contributed by atoms with E-state index >= 15 is 0 Å². The van der Waals surface area contributed by atoms with Gasteiger partial charge in [0.2, 0.25) is 0 Å². The number of ether oxygens (including phenoxy) is 5. The van der Waals surface area contributed by atoms with Crippen LogP contribution in [-0.2, 0) is 42.9 Å². The van der Waals surface area contributed by atoms with Crippen molar-refractivity contribution in [3.63, 3.8) is 0 Å². The van der Waals surface area contributed by atoms with Crippen LogP contribution in [-0.4, -0.2) is 94.1 Å². The smallest absolute Gasteiger partial charge is 0.411 e. The third kappa shape index (κ3) is 13.1. The van der Waals surface area contributed by atoms with Gasteiger partial charge in [-0.3, -0.25) is 19.8 Å². The van der Waals surface area contributed by atoms with E-state index in [0.29, 0.717) is 22.3 Å². The Morgan fingerprint density at radius 2 is 1.24 bits per heavy atom. The average molecular weight is 986 g/mol. The summed E-state index contributed by atoms with van der Waals surface area (Å²) < 4.78 is 27.8. The van der Waals surface area contributed by atoms with Crippen molar-refractivity contribution in [3.8, 4) is 0 Å². The van der Waals surface area contributed by atoms with Crippen LogP contribution >= 0.6 is 11.8 Å². The molecule has 0 aliphatic carbocycles. The molecule has 18 nitrogen and oxygen atoms in total. The molecule has 7 rings (SSSR count). The maximum absolute atomic E-state index is 14.1. The van der Waals surface area contributed by atoms with Gasteiger partial charge in [-0.1, -0.05) is 133 Å². The van der Waals surface area contributed by atoms with Crippen LogP contribution in [0.25, 0.3) is 0 Å². The van der Waals surface area contributed by atoms with Gasteiger partial charge in [0.1, 0.15) is 35.9 Å². The highest BCUT2D eigenvalue weighted by atomic mass is 32.2. The van der Waals surface area contributed by atoms with Crippen molar-refractivity contribution in [2.75, 3.05) is 24.3 Å². The van der Waals surface area contributed by atoms with E-state index in [1.165, 1.54) is 36.0 Å². The van der Waals surface area contributed by atoms with Crippen LogP contribution in [0.5, 0.6) is 0 Å². The quantitative estimate of drug-likeness (QED) is 0.0375. The predicted octanol–water partition coefficient (Wildman–Crippen LogP) is 6.58. The van der Waals surface area contributed by atoms with Gasteiger partial charge in [-0.2, -0.15) is 0 Å². The lowest BCUT2D eigenvalue weighted by Crippen LogP contribution is -2.71. The number of anilines is 1. The summed E-state index contributed by atoms with van der Waals surface area (Å²) in [5.41, 5.74) is 7.11. The Kier molecular flexibility index (Phi) is 16.4. The summed E-state index contributed by atoms with van der Waals surface area (Å²) in [6.45, 7) is 3.82. The number of β-lactam (4-membered cyclic amide) rings is 1. The number of aliphatic hydroxyl groups is 1. The summed E-state index contributed by atoms with van der Waals surface area (Å²) in [7, 11) is 0. The van der Waals surface area contributed by atoms with Crippen molar-refractivity contribution in [1.82, 2.24) is 15.5 Å². The largest absolute Gasteiger partial charge is 0.451 e. The van der Waals surface area contributed by atoms with Crippen LogP contribution in [0.2, 0.25) is 0 Å². The molecule has 5 aromatic rings. The molecule has 1 saturated heterocycles. The summed E-state index contributed by atoms with van der Waals surface area (Å²) >= 11 is 1.18. The van der Waals surface area contributed by atoms with Gasteiger partial charge < -0.3 is 45.2 Å². The summed E-state index contributed by atoms with van der Waals surface area (Å²) in [6, 6.07) is 38.7. The summed E-state index contributed by atoms with van der Waals surface area (Å²) in [5, 5.41) is 17.9. The number of hydrogen-bond acceptors (Lipinski definition) is 14. The van der Waals surface area contributed by atoms with Crippen LogP contribution in [0, 0.1) is 0 Å². The average Bonchev–Trinajstić information content (AvgIpc) is 3.36. The van der Waals surface area contributed by atoms with E-state index in [1.807, 2.05) is 24.3 Å². The Bertz CT molecular complexity index is 2680. The minimum absolute atomic E-state index is 0.0176. The Balaban J connectivity index is 1.00. The van der Waals surface area contributed by atoms with Crippen LogP contribution in [0.3, 0.4) is 0 Å². The number of primary amides is 1. The molecule has 0 radical (unpaired) electrons. The number of nitrogens with zero attached hydrogens (tertiary/aromatic N) is 1. The standard InChI is InChI=1S/C52H51N5O13S/c1-52(2,3)70-51(65)55-38(47(61)68-42(31-17-8-4-9-18-31)32-19-10-5-11-20-32)29-67-50(64)54-37-26-16-25-35(27-37)41(58)44(59)56-39-45(60)57-40(36(28-66-49(53)63)30-71-46(39)57)48(62)69-43(33-21-12-6-13-22-33)34-23-14-7-15-24-34/h4-27,38-39,41-43,46,58H,28-30H2,1-3H3,(H2,53,63)(H,54,64)(H,55,65)(H,56,59)/t38?,39-,41-,46-/m1/s1. The van der Waals surface area contributed by atoms with Gasteiger partial charge in [0.15, 0.2) is 24.4 Å². The first kappa shape index (κ1) is 50.7. The van der Waals surface area contributed by atoms with Crippen LogP contribution < -0.4 is 21.7 Å². The number of aliphatic hydroxyl groups excluding tert-OH is 1. The highest BCUT2D eigenvalue weighted by Crippen LogP contribution is 2.42. The van der Waals surface area contributed by atoms with Crippen LogP contribution in [0.15, 0.2) is 157 Å². The molecule has 2 aliphatic heterocycles. The maximum atomic E-state index is 14.1. The van der Waals surface area contributed by atoms with Crippen molar-refractivity contribution < 1.29 is 62.4 Å². The highest BCUT2D eigenvalue weighted by Gasteiger charge is 2.55. The molecule has 0 aromatic heterocycles. The molecule has 0 bridgehead atoms. The SMILES string of the molecule is CC(C)(C)OC(=O)NC(COC(=O)Nc1cccc([C@@H](O)C(=O)N[C@@H]2C(=O)N3C(C(=O)OC(c4ccccc4)c4ccccc4)=C(COC(N)=O)CS[C@H]23)c1)C(=O)OC(c1ccccc1)c1ccccc1. The van der Waals surface area contributed by atoms with Crippen molar-refractivity contribution in [2.45, 2.75) is 62.1 Å². The number of esters is 2. The fourth-order valence-electron chi connectivity index (χ4n) is 7.57. The van der Waals surface area contributed by atoms with Crippen LogP contribution in [0.1, 0.15) is 66.9 Å². The molecule has 5 aromatic carbocycles. The highest BCUT2D eigenvalue weighted by molar-refractivity contribution is 8.00. The van der Waals surface area contributed by atoms with E-state index in [1.54, 1.807) is 118 Å². The van der Waals surface area contributed by atoms with Crippen molar-refractivity contribution in [2.24, 2.45) is 5.73 Å². The number of alkyl carbamates (subject to hydrolysis) is 1.